The normalized spacial score (nSPS) is 9.93. The van der Waals surface area contributed by atoms with Gasteiger partial charge in [-0.2, -0.15) is 0 Å². The lowest BCUT2D eigenvalue weighted by molar-refractivity contribution is 1.11. The molecule has 1 aromatic heterocycles. The first-order valence-corrected chi connectivity index (χ1v) is 5.53. The first kappa shape index (κ1) is 10.2. The first-order valence-electron chi connectivity index (χ1n) is 4.73. The molecule has 0 saturated carbocycles. The van der Waals surface area contributed by atoms with E-state index in [9.17, 15) is 0 Å². The smallest absolute Gasteiger partial charge is 0.0487 e. The summed E-state index contributed by atoms with van der Waals surface area (Å²) in [6, 6.07) is 12.1. The molecule has 0 aliphatic rings. The maximum Gasteiger partial charge on any atom is 0.0487 e. The van der Waals surface area contributed by atoms with Gasteiger partial charge >= 0.3 is 0 Å². The SMILES string of the molecule is Brc1ccccc1NCc1cccnc1. The Morgan fingerprint density at radius 1 is 1.13 bits per heavy atom. The number of halogens is 1. The molecule has 0 aliphatic heterocycles. The predicted molar refractivity (Wildman–Crippen MR) is 65.7 cm³/mol. The molecule has 0 fully saturated rings. The summed E-state index contributed by atoms with van der Waals surface area (Å²) in [5, 5.41) is 3.34. The highest BCUT2D eigenvalue weighted by Crippen LogP contribution is 2.21. The molecule has 0 saturated heterocycles. The van der Waals surface area contributed by atoms with Gasteiger partial charge in [-0.15, -0.1) is 0 Å². The van der Waals surface area contributed by atoms with E-state index in [1.165, 1.54) is 5.56 Å². The Hall–Kier alpha value is -1.35. The third kappa shape index (κ3) is 2.80. The highest BCUT2D eigenvalue weighted by Gasteiger charge is 1.97. The van der Waals surface area contributed by atoms with Gasteiger partial charge in [0.1, 0.15) is 0 Å². The number of rotatable bonds is 3. The molecule has 0 spiro atoms. The van der Waals surface area contributed by atoms with Crippen LogP contribution in [-0.2, 0) is 6.54 Å². The Labute approximate surface area is 97.5 Å². The van der Waals surface area contributed by atoms with E-state index in [0.717, 1.165) is 16.7 Å². The van der Waals surface area contributed by atoms with Crippen LogP contribution in [0.4, 0.5) is 5.69 Å². The minimum Gasteiger partial charge on any atom is -0.380 e. The highest BCUT2D eigenvalue weighted by molar-refractivity contribution is 9.10. The fraction of sp³-hybridized carbons (Fsp3) is 0.0833. The van der Waals surface area contributed by atoms with Crippen LogP contribution in [0.1, 0.15) is 5.56 Å². The third-order valence-corrected chi connectivity index (χ3v) is 2.77. The Balaban J connectivity index is 2.03. The molecule has 2 aromatic rings. The van der Waals surface area contributed by atoms with Crippen molar-refractivity contribution >= 4 is 21.6 Å². The van der Waals surface area contributed by atoms with Gasteiger partial charge in [0, 0.05) is 29.1 Å². The van der Waals surface area contributed by atoms with Crippen molar-refractivity contribution in [2.75, 3.05) is 5.32 Å². The number of nitrogens with one attached hydrogen (secondary N) is 1. The second-order valence-electron chi connectivity index (χ2n) is 3.19. The molecule has 0 unspecified atom stereocenters. The molecule has 1 N–H and O–H groups in total. The standard InChI is InChI=1S/C12H11BrN2/c13-11-5-1-2-6-12(11)15-9-10-4-3-7-14-8-10/h1-8,15H,9H2. The average Bonchev–Trinajstić information content (AvgIpc) is 2.29. The topological polar surface area (TPSA) is 24.9 Å². The molecule has 0 atom stereocenters. The van der Waals surface area contributed by atoms with Gasteiger partial charge in [0.2, 0.25) is 0 Å². The third-order valence-electron chi connectivity index (χ3n) is 2.08. The Bertz CT molecular complexity index is 429. The van der Waals surface area contributed by atoms with Crippen LogP contribution in [0.5, 0.6) is 0 Å². The molecular weight excluding hydrogens is 252 g/mol. The monoisotopic (exact) mass is 262 g/mol. The van der Waals surface area contributed by atoms with Crippen LogP contribution < -0.4 is 5.32 Å². The molecule has 0 bridgehead atoms. The van der Waals surface area contributed by atoms with Gasteiger partial charge in [-0.1, -0.05) is 18.2 Å². The summed E-state index contributed by atoms with van der Waals surface area (Å²) in [6.07, 6.45) is 3.64. The molecule has 0 amide bonds. The molecule has 2 nitrogen and oxygen atoms in total. The van der Waals surface area contributed by atoms with Gasteiger partial charge in [-0.3, -0.25) is 4.98 Å². The summed E-state index contributed by atoms with van der Waals surface area (Å²) in [4.78, 5) is 4.07. The van der Waals surface area contributed by atoms with E-state index in [4.69, 9.17) is 0 Å². The quantitative estimate of drug-likeness (QED) is 0.917. The van der Waals surface area contributed by atoms with Crippen molar-refractivity contribution in [2.45, 2.75) is 6.54 Å². The van der Waals surface area contributed by atoms with Crippen LogP contribution >= 0.6 is 15.9 Å². The van der Waals surface area contributed by atoms with Crippen LogP contribution in [0.3, 0.4) is 0 Å². The largest absolute Gasteiger partial charge is 0.380 e. The van der Waals surface area contributed by atoms with E-state index >= 15 is 0 Å². The highest BCUT2D eigenvalue weighted by atomic mass is 79.9. The number of nitrogens with zero attached hydrogens (tertiary/aromatic N) is 1. The van der Waals surface area contributed by atoms with Gasteiger partial charge in [0.05, 0.1) is 0 Å². The first-order chi connectivity index (χ1) is 7.36. The second kappa shape index (κ2) is 4.94. The number of para-hydroxylation sites is 1. The van der Waals surface area contributed by atoms with Gasteiger partial charge in [0.15, 0.2) is 0 Å². The molecule has 15 heavy (non-hydrogen) atoms. The van der Waals surface area contributed by atoms with E-state index in [1.54, 1.807) is 6.20 Å². The van der Waals surface area contributed by atoms with Crippen LogP contribution in [0.2, 0.25) is 0 Å². The van der Waals surface area contributed by atoms with Crippen LogP contribution in [0.15, 0.2) is 53.3 Å². The summed E-state index contributed by atoms with van der Waals surface area (Å²) < 4.78 is 1.08. The molecule has 1 heterocycles. The molecule has 1 aromatic carbocycles. The van der Waals surface area contributed by atoms with Crippen molar-refractivity contribution in [3.05, 3.63) is 58.8 Å². The van der Waals surface area contributed by atoms with Gasteiger partial charge < -0.3 is 5.32 Å². The molecule has 0 radical (unpaired) electrons. The van der Waals surface area contributed by atoms with Crippen molar-refractivity contribution in [1.29, 1.82) is 0 Å². The zero-order valence-electron chi connectivity index (χ0n) is 8.15. The minimum absolute atomic E-state index is 0.788. The maximum atomic E-state index is 4.07. The van der Waals surface area contributed by atoms with Crippen molar-refractivity contribution < 1.29 is 0 Å². The lowest BCUT2D eigenvalue weighted by atomic mass is 10.2. The zero-order chi connectivity index (χ0) is 10.5. The van der Waals surface area contributed by atoms with Crippen LogP contribution in [0, 0.1) is 0 Å². The summed E-state index contributed by atoms with van der Waals surface area (Å²) in [7, 11) is 0. The van der Waals surface area contributed by atoms with Crippen LogP contribution in [-0.4, -0.2) is 4.98 Å². The number of pyridine rings is 1. The number of hydrogen-bond donors (Lipinski definition) is 1. The molecular formula is C12H11BrN2. The summed E-state index contributed by atoms with van der Waals surface area (Å²) in [5.74, 6) is 0. The zero-order valence-corrected chi connectivity index (χ0v) is 9.74. The molecule has 3 heteroatoms. The average molecular weight is 263 g/mol. The van der Waals surface area contributed by atoms with Gasteiger partial charge in [-0.05, 0) is 39.7 Å². The fourth-order valence-corrected chi connectivity index (χ4v) is 1.73. The summed E-state index contributed by atoms with van der Waals surface area (Å²) in [6.45, 7) is 0.788. The van der Waals surface area contributed by atoms with Crippen molar-refractivity contribution in [3.8, 4) is 0 Å². The van der Waals surface area contributed by atoms with Gasteiger partial charge in [0.25, 0.3) is 0 Å². The van der Waals surface area contributed by atoms with E-state index in [1.807, 2.05) is 36.5 Å². The van der Waals surface area contributed by atoms with E-state index < -0.39 is 0 Å². The van der Waals surface area contributed by atoms with E-state index in [0.29, 0.717) is 0 Å². The maximum absolute atomic E-state index is 4.07. The van der Waals surface area contributed by atoms with E-state index in [-0.39, 0.29) is 0 Å². The molecule has 2 rings (SSSR count). The number of aromatic nitrogens is 1. The molecule has 76 valence electrons. The van der Waals surface area contributed by atoms with Crippen molar-refractivity contribution in [3.63, 3.8) is 0 Å². The predicted octanol–water partition coefficient (Wildman–Crippen LogP) is 3.46. The number of benzene rings is 1. The Morgan fingerprint density at radius 2 is 2.00 bits per heavy atom. The second-order valence-corrected chi connectivity index (χ2v) is 4.05. The fourth-order valence-electron chi connectivity index (χ4n) is 1.30. The minimum atomic E-state index is 0.788. The van der Waals surface area contributed by atoms with Crippen LogP contribution in [0.25, 0.3) is 0 Å². The molecule has 0 aliphatic carbocycles. The summed E-state index contributed by atoms with van der Waals surface area (Å²) >= 11 is 3.49. The number of hydrogen-bond acceptors (Lipinski definition) is 2. The lowest BCUT2D eigenvalue weighted by Crippen LogP contribution is -1.99. The Kier molecular flexibility index (Phi) is 3.35. The van der Waals surface area contributed by atoms with E-state index in [2.05, 4.69) is 32.3 Å². The van der Waals surface area contributed by atoms with Gasteiger partial charge in [-0.25, -0.2) is 0 Å². The number of anilines is 1. The Morgan fingerprint density at radius 3 is 2.73 bits per heavy atom. The van der Waals surface area contributed by atoms with Crippen molar-refractivity contribution in [2.24, 2.45) is 0 Å². The van der Waals surface area contributed by atoms with Crippen molar-refractivity contribution in [1.82, 2.24) is 4.98 Å². The lowest BCUT2D eigenvalue weighted by Gasteiger charge is -2.07. The summed E-state index contributed by atoms with van der Waals surface area (Å²) in [5.41, 5.74) is 2.27.